The fourth-order valence-electron chi connectivity index (χ4n) is 4.57. The van der Waals surface area contributed by atoms with Crippen molar-refractivity contribution in [2.24, 2.45) is 0 Å². The van der Waals surface area contributed by atoms with Gasteiger partial charge in [0.2, 0.25) is 0 Å². The molecule has 4 nitrogen and oxygen atoms in total. The van der Waals surface area contributed by atoms with Gasteiger partial charge in [0.25, 0.3) is 5.91 Å². The van der Waals surface area contributed by atoms with Crippen molar-refractivity contribution in [3.8, 4) is 11.1 Å². The van der Waals surface area contributed by atoms with E-state index in [0.717, 1.165) is 36.5 Å². The van der Waals surface area contributed by atoms with Gasteiger partial charge in [-0.05, 0) is 92.2 Å². The fraction of sp³-hybridized carbons (Fsp3) is 0.333. The Labute approximate surface area is 185 Å². The van der Waals surface area contributed by atoms with Crippen LogP contribution in [0.15, 0.2) is 54.7 Å². The van der Waals surface area contributed by atoms with Gasteiger partial charge < -0.3 is 10.6 Å². The van der Waals surface area contributed by atoms with E-state index in [1.165, 1.54) is 35.1 Å². The third-order valence-corrected chi connectivity index (χ3v) is 6.27. The predicted molar refractivity (Wildman–Crippen MR) is 128 cm³/mol. The van der Waals surface area contributed by atoms with Crippen molar-refractivity contribution in [3.05, 3.63) is 82.7 Å². The Kier molecular flexibility index (Phi) is 6.47. The number of pyridine rings is 1. The van der Waals surface area contributed by atoms with Crippen LogP contribution in [0, 0.1) is 20.8 Å². The molecule has 2 aromatic carbocycles. The molecule has 3 aromatic rings. The Bertz CT molecular complexity index is 1060. The highest BCUT2D eigenvalue weighted by atomic mass is 16.1. The Morgan fingerprint density at radius 1 is 1.00 bits per heavy atom. The summed E-state index contributed by atoms with van der Waals surface area (Å²) in [5.41, 5.74) is 8.39. The predicted octanol–water partition coefficient (Wildman–Crippen LogP) is 5.78. The number of aryl methyl sites for hydroxylation is 3. The zero-order valence-corrected chi connectivity index (χ0v) is 18.7. The zero-order valence-electron chi connectivity index (χ0n) is 18.7. The summed E-state index contributed by atoms with van der Waals surface area (Å²) < 4.78 is 0. The van der Waals surface area contributed by atoms with E-state index in [2.05, 4.69) is 54.6 Å². The number of aromatic nitrogens is 1. The first-order chi connectivity index (χ1) is 15.0. The second-order valence-electron chi connectivity index (χ2n) is 8.58. The maximum Gasteiger partial charge on any atom is 0.255 e. The van der Waals surface area contributed by atoms with Gasteiger partial charge >= 0.3 is 0 Å². The summed E-state index contributed by atoms with van der Waals surface area (Å²) >= 11 is 0. The highest BCUT2D eigenvalue weighted by Crippen LogP contribution is 2.32. The highest BCUT2D eigenvalue weighted by Gasteiger charge is 2.20. The molecule has 0 bridgehead atoms. The van der Waals surface area contributed by atoms with E-state index in [1.54, 1.807) is 0 Å². The zero-order chi connectivity index (χ0) is 21.8. The number of carbonyl (C=O) groups is 1. The number of nitrogens with zero attached hydrogens (tertiary/aromatic N) is 1. The molecule has 31 heavy (non-hydrogen) atoms. The molecular formula is C27H31N3O. The molecule has 1 aliphatic heterocycles. The number of rotatable bonds is 4. The van der Waals surface area contributed by atoms with Gasteiger partial charge in [-0.3, -0.25) is 9.78 Å². The lowest BCUT2D eigenvalue weighted by Crippen LogP contribution is -2.22. The number of nitrogens with one attached hydrogen (secondary N) is 2. The molecule has 0 radical (unpaired) electrons. The van der Waals surface area contributed by atoms with Crippen molar-refractivity contribution in [3.63, 3.8) is 0 Å². The standard InChI is InChI=1S/C27H31N3O/c1-18-12-13-21(16-23(18)25-19(2)8-6-9-20(25)3)27(31)30-24-11-7-15-29-26(24)22-10-4-5-14-28-17-22/h6-9,11-13,15-16,22,28H,4-5,10,14,17H2,1-3H3,(H,30,31). The molecule has 2 heterocycles. The van der Waals surface area contributed by atoms with Gasteiger partial charge in [0.05, 0.1) is 11.4 Å². The van der Waals surface area contributed by atoms with Gasteiger partial charge in [-0.2, -0.15) is 0 Å². The van der Waals surface area contributed by atoms with Crippen molar-refractivity contribution < 1.29 is 4.79 Å². The van der Waals surface area contributed by atoms with Crippen LogP contribution in [-0.4, -0.2) is 24.0 Å². The summed E-state index contributed by atoms with van der Waals surface area (Å²) in [5, 5.41) is 6.64. The van der Waals surface area contributed by atoms with E-state index in [4.69, 9.17) is 0 Å². The molecule has 1 saturated heterocycles. The molecule has 2 N–H and O–H groups in total. The summed E-state index contributed by atoms with van der Waals surface area (Å²) in [5.74, 6) is 0.227. The van der Waals surface area contributed by atoms with Crippen LogP contribution >= 0.6 is 0 Å². The summed E-state index contributed by atoms with van der Waals surface area (Å²) in [4.78, 5) is 17.9. The van der Waals surface area contributed by atoms with Crippen molar-refractivity contribution in [1.82, 2.24) is 10.3 Å². The van der Waals surface area contributed by atoms with Crippen LogP contribution in [0.1, 0.15) is 57.9 Å². The summed E-state index contributed by atoms with van der Waals surface area (Å²) in [6, 6.07) is 16.1. The first kappa shape index (κ1) is 21.3. The van der Waals surface area contributed by atoms with Crippen LogP contribution in [0.2, 0.25) is 0 Å². The van der Waals surface area contributed by atoms with Gasteiger partial charge in [0.15, 0.2) is 0 Å². The highest BCUT2D eigenvalue weighted by molar-refractivity contribution is 6.05. The Morgan fingerprint density at radius 3 is 2.61 bits per heavy atom. The third-order valence-electron chi connectivity index (χ3n) is 6.27. The molecule has 1 fully saturated rings. The molecule has 160 valence electrons. The van der Waals surface area contributed by atoms with Crippen LogP contribution in [0.4, 0.5) is 5.69 Å². The van der Waals surface area contributed by atoms with E-state index in [-0.39, 0.29) is 5.91 Å². The van der Waals surface area contributed by atoms with E-state index < -0.39 is 0 Å². The number of hydrogen-bond donors (Lipinski definition) is 2. The average Bonchev–Trinajstić information content (AvgIpc) is 3.05. The lowest BCUT2D eigenvalue weighted by atomic mass is 9.91. The summed E-state index contributed by atoms with van der Waals surface area (Å²) in [6.45, 7) is 8.30. The molecule has 0 saturated carbocycles. The van der Waals surface area contributed by atoms with Crippen molar-refractivity contribution in [1.29, 1.82) is 0 Å². The molecule has 1 aromatic heterocycles. The topological polar surface area (TPSA) is 54.0 Å². The minimum Gasteiger partial charge on any atom is -0.320 e. The fourth-order valence-corrected chi connectivity index (χ4v) is 4.57. The van der Waals surface area contributed by atoms with Crippen molar-refractivity contribution in [2.45, 2.75) is 46.0 Å². The van der Waals surface area contributed by atoms with Gasteiger partial charge in [0.1, 0.15) is 0 Å². The number of benzene rings is 2. The average molecular weight is 414 g/mol. The summed E-state index contributed by atoms with van der Waals surface area (Å²) in [6.07, 6.45) is 5.28. The van der Waals surface area contributed by atoms with Crippen LogP contribution in [0.3, 0.4) is 0 Å². The molecule has 1 aliphatic rings. The molecule has 1 atom stereocenters. The van der Waals surface area contributed by atoms with Crippen LogP contribution < -0.4 is 10.6 Å². The van der Waals surface area contributed by atoms with E-state index in [9.17, 15) is 4.79 Å². The first-order valence-electron chi connectivity index (χ1n) is 11.2. The van der Waals surface area contributed by atoms with Crippen LogP contribution in [0.25, 0.3) is 11.1 Å². The first-order valence-corrected chi connectivity index (χ1v) is 11.2. The Morgan fingerprint density at radius 2 is 1.81 bits per heavy atom. The molecule has 0 spiro atoms. The molecule has 1 amide bonds. The van der Waals surface area contributed by atoms with Crippen LogP contribution in [0.5, 0.6) is 0 Å². The molecular weight excluding hydrogens is 382 g/mol. The number of carbonyl (C=O) groups excluding carboxylic acids is 1. The number of anilines is 1. The normalized spacial score (nSPS) is 16.5. The van der Waals surface area contributed by atoms with Crippen molar-refractivity contribution in [2.75, 3.05) is 18.4 Å². The number of amides is 1. The van der Waals surface area contributed by atoms with E-state index in [1.807, 2.05) is 36.5 Å². The summed E-state index contributed by atoms with van der Waals surface area (Å²) in [7, 11) is 0. The van der Waals surface area contributed by atoms with Gasteiger partial charge in [-0.15, -0.1) is 0 Å². The monoisotopic (exact) mass is 413 g/mol. The third kappa shape index (κ3) is 4.70. The second kappa shape index (κ2) is 9.44. The van der Waals surface area contributed by atoms with Crippen molar-refractivity contribution >= 4 is 11.6 Å². The van der Waals surface area contributed by atoms with Crippen LogP contribution in [-0.2, 0) is 0 Å². The maximum absolute atomic E-state index is 13.2. The Balaban J connectivity index is 1.63. The minimum atomic E-state index is -0.0941. The molecule has 4 heteroatoms. The van der Waals surface area contributed by atoms with Gasteiger partial charge in [0, 0.05) is 24.2 Å². The van der Waals surface area contributed by atoms with Gasteiger partial charge in [-0.1, -0.05) is 30.7 Å². The van der Waals surface area contributed by atoms with E-state index in [0.29, 0.717) is 11.5 Å². The molecule has 1 unspecified atom stereocenters. The Hall–Kier alpha value is -2.98. The number of hydrogen-bond acceptors (Lipinski definition) is 3. The quantitative estimate of drug-likeness (QED) is 0.570. The second-order valence-corrected chi connectivity index (χ2v) is 8.58. The largest absolute Gasteiger partial charge is 0.320 e. The van der Waals surface area contributed by atoms with Gasteiger partial charge in [-0.25, -0.2) is 0 Å². The smallest absolute Gasteiger partial charge is 0.255 e. The van der Waals surface area contributed by atoms with E-state index >= 15 is 0 Å². The lowest BCUT2D eigenvalue weighted by Gasteiger charge is -2.18. The molecule has 4 rings (SSSR count). The minimum absolute atomic E-state index is 0.0941. The SMILES string of the molecule is Cc1ccc(C(=O)Nc2cccnc2C2CCCCNC2)cc1-c1c(C)cccc1C. The lowest BCUT2D eigenvalue weighted by molar-refractivity contribution is 0.102. The maximum atomic E-state index is 13.2. The molecule has 0 aliphatic carbocycles.